The topological polar surface area (TPSA) is 127 Å². The van der Waals surface area contributed by atoms with E-state index in [2.05, 4.69) is 20.6 Å². The van der Waals surface area contributed by atoms with Crippen LogP contribution in [-0.4, -0.2) is 38.5 Å². The molecule has 1 aliphatic heterocycles. The summed E-state index contributed by atoms with van der Waals surface area (Å²) in [4.78, 5) is 28.7. The molecule has 0 unspecified atom stereocenters. The summed E-state index contributed by atoms with van der Waals surface area (Å²) in [5, 5.41) is 30.8. The van der Waals surface area contributed by atoms with Gasteiger partial charge < -0.3 is 10.2 Å². The lowest BCUT2D eigenvalue weighted by Crippen LogP contribution is -2.28. The largest absolute Gasteiger partial charge is 0.505 e. The molecule has 3 aromatic rings. The normalized spacial score (nSPS) is 16.1. The van der Waals surface area contributed by atoms with E-state index in [4.69, 9.17) is 0 Å². The fourth-order valence-corrected chi connectivity index (χ4v) is 5.14. The molecule has 1 amide bonds. The number of hydrogen-bond donors (Lipinski definition) is 3. The molecule has 2 aliphatic rings. The average Bonchev–Trinajstić information content (AvgIpc) is 3.54. The van der Waals surface area contributed by atoms with Crippen LogP contribution >= 0.6 is 11.3 Å². The Labute approximate surface area is 205 Å². The number of hydrazone groups is 2. The van der Waals surface area contributed by atoms with E-state index in [9.17, 15) is 19.8 Å². The number of nitrogens with zero attached hydrogens (tertiary/aromatic N) is 4. The number of aromatic carboxylic acids is 1. The number of rotatable bonds is 5. The van der Waals surface area contributed by atoms with Crippen LogP contribution in [0.2, 0.25) is 0 Å². The number of fused-ring (bicyclic) bond motifs is 1. The number of nitrogens with one attached hydrogen (secondary N) is 1. The predicted molar refractivity (Wildman–Crippen MR) is 136 cm³/mol. The maximum Gasteiger partial charge on any atom is 0.347 e. The first-order valence-corrected chi connectivity index (χ1v) is 11.9. The average molecular weight is 490 g/mol. The van der Waals surface area contributed by atoms with Gasteiger partial charge in [0.2, 0.25) is 0 Å². The molecule has 1 aliphatic carbocycles. The molecule has 0 bridgehead atoms. The number of carbonyl (C=O) groups excluding carboxylic acids is 1. The van der Waals surface area contributed by atoms with Crippen LogP contribution in [0.4, 0.5) is 11.4 Å². The molecular formula is C25H23N5O4S. The Morgan fingerprint density at radius 1 is 1.17 bits per heavy atom. The minimum Gasteiger partial charge on any atom is -0.505 e. The Hall–Kier alpha value is -4.05. The van der Waals surface area contributed by atoms with Crippen LogP contribution < -0.4 is 10.4 Å². The maximum absolute atomic E-state index is 13.1. The molecule has 3 N–H and O–H groups in total. The summed E-state index contributed by atoms with van der Waals surface area (Å²) in [5.41, 5.74) is 9.11. The lowest BCUT2D eigenvalue weighted by Gasteiger charge is -2.14. The van der Waals surface area contributed by atoms with Crippen molar-refractivity contribution in [3.8, 4) is 16.3 Å². The van der Waals surface area contributed by atoms with Crippen LogP contribution in [0.25, 0.3) is 10.6 Å². The van der Waals surface area contributed by atoms with Crippen molar-refractivity contribution in [3.63, 3.8) is 0 Å². The van der Waals surface area contributed by atoms with Gasteiger partial charge in [-0.05, 0) is 80.5 Å². The second kappa shape index (κ2) is 8.62. The number of aromatic nitrogens is 1. The van der Waals surface area contributed by atoms with E-state index in [0.717, 1.165) is 52.9 Å². The first-order valence-electron chi connectivity index (χ1n) is 11.1. The lowest BCUT2D eigenvalue weighted by atomic mass is 10.0. The standard InChI is InChI=1S/C25H23N5O4S/c1-12-7-8-16(9-13(12)2)30-24(32)21(14(3)29-30)28-27-18-10-15-5-4-6-17(15)20(22(18)31)23-26-11-19(35-23)25(33)34/h7-11,27,31H,4-6H2,1-3H3,(H,33,34)/b28-21-. The van der Waals surface area contributed by atoms with Gasteiger partial charge >= 0.3 is 11.9 Å². The Morgan fingerprint density at radius 2 is 1.97 bits per heavy atom. The van der Waals surface area contributed by atoms with Gasteiger partial charge in [-0.1, -0.05) is 6.07 Å². The van der Waals surface area contributed by atoms with Crippen LogP contribution in [0, 0.1) is 13.8 Å². The van der Waals surface area contributed by atoms with E-state index in [1.165, 1.54) is 11.2 Å². The first-order chi connectivity index (χ1) is 16.7. The van der Waals surface area contributed by atoms with Gasteiger partial charge in [-0.2, -0.15) is 15.2 Å². The van der Waals surface area contributed by atoms with E-state index < -0.39 is 5.97 Å². The summed E-state index contributed by atoms with van der Waals surface area (Å²) >= 11 is 1.01. The van der Waals surface area contributed by atoms with Crippen molar-refractivity contribution in [1.82, 2.24) is 4.98 Å². The number of aromatic hydroxyl groups is 1. The van der Waals surface area contributed by atoms with Crippen molar-refractivity contribution >= 4 is 46.0 Å². The molecule has 0 saturated carbocycles. The number of phenolic OH excluding ortho intramolecular Hbond substituents is 1. The Morgan fingerprint density at radius 3 is 2.69 bits per heavy atom. The third-order valence-corrected chi connectivity index (χ3v) is 7.32. The van der Waals surface area contributed by atoms with Crippen LogP contribution in [0.3, 0.4) is 0 Å². The van der Waals surface area contributed by atoms with Gasteiger partial charge in [-0.3, -0.25) is 10.2 Å². The van der Waals surface area contributed by atoms with Crippen molar-refractivity contribution in [2.24, 2.45) is 10.2 Å². The Kier molecular flexibility index (Phi) is 5.60. The van der Waals surface area contributed by atoms with Crippen molar-refractivity contribution in [2.75, 3.05) is 10.4 Å². The number of carboxylic acid groups (broad SMARTS) is 1. The monoisotopic (exact) mass is 489 g/mol. The van der Waals surface area contributed by atoms with Gasteiger partial charge in [-0.25, -0.2) is 9.78 Å². The summed E-state index contributed by atoms with van der Waals surface area (Å²) in [5.74, 6) is -1.51. The van der Waals surface area contributed by atoms with Crippen molar-refractivity contribution in [1.29, 1.82) is 0 Å². The minimum atomic E-state index is -1.06. The number of benzene rings is 2. The zero-order valence-electron chi connectivity index (χ0n) is 19.4. The van der Waals surface area contributed by atoms with E-state index in [0.29, 0.717) is 27.7 Å². The summed E-state index contributed by atoms with van der Waals surface area (Å²) in [7, 11) is 0. The van der Waals surface area contributed by atoms with Gasteiger partial charge in [0.05, 0.1) is 28.8 Å². The quantitative estimate of drug-likeness (QED) is 0.357. The summed E-state index contributed by atoms with van der Waals surface area (Å²) in [6, 6.07) is 7.50. The molecule has 2 aromatic carbocycles. The molecule has 0 spiro atoms. The zero-order chi connectivity index (χ0) is 24.9. The Balaban J connectivity index is 1.48. The highest BCUT2D eigenvalue weighted by atomic mass is 32.1. The van der Waals surface area contributed by atoms with Crippen molar-refractivity contribution < 1.29 is 19.8 Å². The fourth-order valence-electron chi connectivity index (χ4n) is 4.31. The third-order valence-electron chi connectivity index (χ3n) is 6.31. The van der Waals surface area contributed by atoms with Crippen LogP contribution in [-0.2, 0) is 17.6 Å². The Bertz CT molecular complexity index is 1460. The van der Waals surface area contributed by atoms with Crippen LogP contribution in [0.15, 0.2) is 40.7 Å². The highest BCUT2D eigenvalue weighted by Gasteiger charge is 2.31. The molecule has 1 aromatic heterocycles. The molecule has 35 heavy (non-hydrogen) atoms. The first kappa shape index (κ1) is 22.7. The molecular weight excluding hydrogens is 466 g/mol. The number of phenols is 1. The minimum absolute atomic E-state index is 0.0765. The van der Waals surface area contributed by atoms with Crippen LogP contribution in [0.1, 0.15) is 45.3 Å². The highest BCUT2D eigenvalue weighted by Crippen LogP contribution is 2.45. The third kappa shape index (κ3) is 3.95. The van der Waals surface area contributed by atoms with E-state index in [1.807, 2.05) is 38.1 Å². The maximum atomic E-state index is 13.1. The number of aryl methyl sites for hydroxylation is 3. The molecule has 10 heteroatoms. The van der Waals surface area contributed by atoms with E-state index in [1.54, 1.807) is 6.92 Å². The fraction of sp³-hybridized carbons (Fsp3) is 0.240. The number of amides is 1. The molecule has 178 valence electrons. The van der Waals surface area contributed by atoms with Crippen LogP contribution in [0.5, 0.6) is 5.75 Å². The molecule has 0 atom stereocenters. The van der Waals surface area contributed by atoms with Crippen molar-refractivity contribution in [2.45, 2.75) is 40.0 Å². The predicted octanol–water partition coefficient (Wildman–Crippen LogP) is 4.51. The number of anilines is 2. The van der Waals surface area contributed by atoms with E-state index in [-0.39, 0.29) is 22.2 Å². The number of hydrogen-bond acceptors (Lipinski definition) is 8. The molecule has 0 radical (unpaired) electrons. The second-order valence-corrected chi connectivity index (χ2v) is 9.65. The van der Waals surface area contributed by atoms with Gasteiger partial charge in [0, 0.05) is 0 Å². The smallest absolute Gasteiger partial charge is 0.347 e. The summed E-state index contributed by atoms with van der Waals surface area (Å²) in [6.07, 6.45) is 3.81. The number of carboxylic acids is 1. The molecule has 5 rings (SSSR count). The number of thiazole rings is 1. The molecule has 2 heterocycles. The second-order valence-electron chi connectivity index (χ2n) is 8.62. The van der Waals surface area contributed by atoms with E-state index >= 15 is 0 Å². The molecule has 9 nitrogen and oxygen atoms in total. The lowest BCUT2D eigenvalue weighted by molar-refractivity contribution is -0.112. The summed E-state index contributed by atoms with van der Waals surface area (Å²) in [6.45, 7) is 5.68. The molecule has 0 fully saturated rings. The van der Waals surface area contributed by atoms with Crippen molar-refractivity contribution in [3.05, 3.63) is 57.6 Å². The highest BCUT2D eigenvalue weighted by molar-refractivity contribution is 7.16. The zero-order valence-corrected chi connectivity index (χ0v) is 20.2. The van der Waals surface area contributed by atoms with Gasteiger partial charge in [0.15, 0.2) is 11.5 Å². The van der Waals surface area contributed by atoms with Gasteiger partial charge in [0.1, 0.15) is 9.88 Å². The number of carbonyl (C=O) groups is 2. The van der Waals surface area contributed by atoms with Gasteiger partial charge in [-0.15, -0.1) is 11.3 Å². The van der Waals surface area contributed by atoms with Gasteiger partial charge in [0.25, 0.3) is 0 Å². The molecule has 0 saturated heterocycles. The summed E-state index contributed by atoms with van der Waals surface area (Å²) < 4.78 is 0. The SMILES string of the molecule is CC1=NN(c2ccc(C)c(C)c2)C(=O)/C1=N\Nc1cc2c(c(-c3ncc(C(=O)O)s3)c1O)CCC2.